The Hall–Kier alpha value is -0.730. The fourth-order valence-electron chi connectivity index (χ4n) is 3.18. The molecule has 2 atom stereocenters. The van der Waals surface area contributed by atoms with E-state index >= 15 is 0 Å². The van der Waals surface area contributed by atoms with E-state index < -0.39 is 0 Å². The van der Waals surface area contributed by atoms with Crippen molar-refractivity contribution in [3.63, 3.8) is 0 Å². The van der Waals surface area contributed by atoms with Gasteiger partial charge in [0, 0.05) is 29.8 Å². The van der Waals surface area contributed by atoms with Gasteiger partial charge in [0.1, 0.15) is 0 Å². The third kappa shape index (κ3) is 3.89. The number of anilines is 1. The first-order valence-corrected chi connectivity index (χ1v) is 8.27. The first-order chi connectivity index (χ1) is 9.61. The average Bonchev–Trinajstić information content (AvgIpc) is 2.66. The summed E-state index contributed by atoms with van der Waals surface area (Å²) in [5, 5.41) is 0.857. The van der Waals surface area contributed by atoms with Crippen molar-refractivity contribution in [2.45, 2.75) is 52.0 Å². The number of hydrogen-bond donors (Lipinski definition) is 1. The normalized spacial score (nSPS) is 21.6. The van der Waals surface area contributed by atoms with Crippen LogP contribution in [0, 0.1) is 5.92 Å². The Bertz CT molecular complexity index is 431. The number of hydrogen-bond acceptors (Lipinski definition) is 2. The van der Waals surface area contributed by atoms with Crippen LogP contribution in [0.15, 0.2) is 18.2 Å². The summed E-state index contributed by atoms with van der Waals surface area (Å²) in [6.45, 7) is 6.64. The minimum absolute atomic E-state index is 0.143. The molecule has 2 N–H and O–H groups in total. The van der Waals surface area contributed by atoms with Gasteiger partial charge in [0.25, 0.3) is 0 Å². The molecule has 2 nitrogen and oxygen atoms in total. The monoisotopic (exact) mass is 294 g/mol. The Morgan fingerprint density at radius 3 is 2.85 bits per heavy atom. The molecule has 0 amide bonds. The highest BCUT2D eigenvalue weighted by molar-refractivity contribution is 6.31. The molecule has 0 spiro atoms. The third-order valence-electron chi connectivity index (χ3n) is 4.39. The van der Waals surface area contributed by atoms with Gasteiger partial charge in [-0.1, -0.05) is 31.0 Å². The van der Waals surface area contributed by atoms with Crippen molar-refractivity contribution in [3.05, 3.63) is 28.8 Å². The van der Waals surface area contributed by atoms with Crippen LogP contribution >= 0.6 is 11.6 Å². The quantitative estimate of drug-likeness (QED) is 0.899. The van der Waals surface area contributed by atoms with Gasteiger partial charge in [-0.15, -0.1) is 0 Å². The Labute approximate surface area is 128 Å². The highest BCUT2D eigenvalue weighted by atomic mass is 35.5. The smallest absolute Gasteiger partial charge is 0.0459 e. The number of nitrogens with two attached hydrogens (primary N) is 1. The van der Waals surface area contributed by atoms with E-state index in [2.05, 4.69) is 24.0 Å². The molecule has 3 heteroatoms. The van der Waals surface area contributed by atoms with Gasteiger partial charge in [-0.2, -0.15) is 0 Å². The van der Waals surface area contributed by atoms with Crippen molar-refractivity contribution in [3.8, 4) is 0 Å². The minimum Gasteiger partial charge on any atom is -0.371 e. The maximum absolute atomic E-state index is 6.41. The topological polar surface area (TPSA) is 29.3 Å². The van der Waals surface area contributed by atoms with Gasteiger partial charge >= 0.3 is 0 Å². The van der Waals surface area contributed by atoms with E-state index in [1.54, 1.807) is 0 Å². The average molecular weight is 295 g/mol. The van der Waals surface area contributed by atoms with E-state index in [9.17, 15) is 0 Å². The Morgan fingerprint density at radius 2 is 2.15 bits per heavy atom. The van der Waals surface area contributed by atoms with Gasteiger partial charge in [-0.3, -0.25) is 0 Å². The van der Waals surface area contributed by atoms with Crippen molar-refractivity contribution in [1.82, 2.24) is 0 Å². The zero-order chi connectivity index (χ0) is 14.5. The van der Waals surface area contributed by atoms with Crippen LogP contribution in [0.5, 0.6) is 0 Å². The van der Waals surface area contributed by atoms with Crippen LogP contribution in [0.4, 0.5) is 5.69 Å². The van der Waals surface area contributed by atoms with Gasteiger partial charge in [-0.25, -0.2) is 0 Å². The second-order valence-electron chi connectivity index (χ2n) is 6.11. The number of rotatable bonds is 4. The summed E-state index contributed by atoms with van der Waals surface area (Å²) in [5.74, 6) is 0.885. The molecule has 0 radical (unpaired) electrons. The van der Waals surface area contributed by atoms with Crippen molar-refractivity contribution in [2.75, 3.05) is 18.0 Å². The van der Waals surface area contributed by atoms with Crippen LogP contribution in [0.1, 0.15) is 45.1 Å². The third-order valence-corrected chi connectivity index (χ3v) is 4.74. The fraction of sp³-hybridized carbons (Fsp3) is 0.647. The van der Waals surface area contributed by atoms with Crippen molar-refractivity contribution >= 4 is 17.3 Å². The molecule has 0 aliphatic carbocycles. The van der Waals surface area contributed by atoms with Crippen molar-refractivity contribution < 1.29 is 0 Å². The molecule has 1 fully saturated rings. The second-order valence-corrected chi connectivity index (χ2v) is 6.52. The predicted octanol–water partition coefficient (Wildman–Crippen LogP) is 4.25. The van der Waals surface area contributed by atoms with Crippen LogP contribution in [0.25, 0.3) is 0 Å². The summed E-state index contributed by atoms with van der Waals surface area (Å²) in [6.07, 6.45) is 6.08. The lowest BCUT2D eigenvalue weighted by molar-refractivity contribution is 0.459. The molecule has 1 aliphatic rings. The van der Waals surface area contributed by atoms with Crippen molar-refractivity contribution in [2.24, 2.45) is 11.7 Å². The molecule has 1 aromatic rings. The number of benzene rings is 1. The fourth-order valence-corrected chi connectivity index (χ4v) is 3.43. The molecule has 2 unspecified atom stereocenters. The molecule has 112 valence electrons. The van der Waals surface area contributed by atoms with Gasteiger partial charge in [0.05, 0.1) is 0 Å². The Morgan fingerprint density at radius 1 is 1.35 bits per heavy atom. The lowest BCUT2D eigenvalue weighted by atomic mass is 9.98. The molecule has 1 aromatic carbocycles. The first-order valence-electron chi connectivity index (χ1n) is 7.89. The minimum atomic E-state index is 0.143. The summed E-state index contributed by atoms with van der Waals surface area (Å²) >= 11 is 6.41. The molecule has 20 heavy (non-hydrogen) atoms. The summed E-state index contributed by atoms with van der Waals surface area (Å²) < 4.78 is 0. The standard InChI is InChI=1S/C17H27ClN2/c1-3-14-6-5-10-20(11-9-14)17-8-4-7-16(18)15(17)12-13(2)19/h4,7-8,13-14H,3,5-6,9-12,19H2,1-2H3. The maximum Gasteiger partial charge on any atom is 0.0459 e. The highest BCUT2D eigenvalue weighted by Crippen LogP contribution is 2.31. The maximum atomic E-state index is 6.41. The molecular formula is C17H27ClN2. The first kappa shape index (κ1) is 15.7. The van der Waals surface area contributed by atoms with E-state index in [-0.39, 0.29) is 6.04 Å². The van der Waals surface area contributed by atoms with E-state index in [1.807, 2.05) is 13.0 Å². The predicted molar refractivity (Wildman–Crippen MR) is 88.7 cm³/mol. The van der Waals surface area contributed by atoms with E-state index in [0.29, 0.717) is 0 Å². The Kier molecular flexibility index (Phi) is 5.74. The molecule has 0 saturated carbocycles. The summed E-state index contributed by atoms with van der Waals surface area (Å²) in [7, 11) is 0. The second kappa shape index (κ2) is 7.33. The van der Waals surface area contributed by atoms with Gasteiger partial charge < -0.3 is 10.6 Å². The summed E-state index contributed by atoms with van der Waals surface area (Å²) in [4.78, 5) is 2.51. The number of nitrogens with zero attached hydrogens (tertiary/aromatic N) is 1. The molecular weight excluding hydrogens is 268 g/mol. The van der Waals surface area contributed by atoms with Crippen molar-refractivity contribution in [1.29, 1.82) is 0 Å². The van der Waals surface area contributed by atoms with Crippen LogP contribution < -0.4 is 10.6 Å². The van der Waals surface area contributed by atoms with Gasteiger partial charge in [0.2, 0.25) is 0 Å². The van der Waals surface area contributed by atoms with E-state index in [4.69, 9.17) is 17.3 Å². The molecule has 2 rings (SSSR count). The molecule has 1 aliphatic heterocycles. The molecule has 0 bridgehead atoms. The summed E-state index contributed by atoms with van der Waals surface area (Å²) in [6, 6.07) is 6.39. The zero-order valence-electron chi connectivity index (χ0n) is 12.7. The van der Waals surface area contributed by atoms with Crippen LogP contribution in [-0.2, 0) is 6.42 Å². The van der Waals surface area contributed by atoms with E-state index in [1.165, 1.54) is 36.9 Å². The SMILES string of the molecule is CCC1CCCN(c2cccc(Cl)c2CC(C)N)CC1. The van der Waals surface area contributed by atoms with Gasteiger partial charge in [0.15, 0.2) is 0 Å². The summed E-state index contributed by atoms with van der Waals surface area (Å²) in [5.41, 5.74) is 8.51. The highest BCUT2D eigenvalue weighted by Gasteiger charge is 2.19. The molecule has 1 heterocycles. The van der Waals surface area contributed by atoms with Crippen LogP contribution in [0.2, 0.25) is 5.02 Å². The van der Waals surface area contributed by atoms with Crippen LogP contribution in [-0.4, -0.2) is 19.1 Å². The van der Waals surface area contributed by atoms with E-state index in [0.717, 1.165) is 30.5 Å². The number of halogens is 1. The lowest BCUT2D eigenvalue weighted by Crippen LogP contribution is -2.27. The zero-order valence-corrected chi connectivity index (χ0v) is 13.5. The Balaban J connectivity index is 2.21. The van der Waals surface area contributed by atoms with Gasteiger partial charge in [-0.05, 0) is 56.2 Å². The molecule has 0 aromatic heterocycles. The molecule has 1 saturated heterocycles. The lowest BCUT2D eigenvalue weighted by Gasteiger charge is -2.27. The van der Waals surface area contributed by atoms with Crippen LogP contribution in [0.3, 0.4) is 0 Å². The largest absolute Gasteiger partial charge is 0.371 e.